The average Bonchev–Trinajstić information content (AvgIpc) is 2.89. The zero-order chi connectivity index (χ0) is 27.5. The maximum atomic E-state index is 12.4. The zero-order valence-electron chi connectivity index (χ0n) is 21.3. The van der Waals surface area contributed by atoms with Gasteiger partial charge in [0, 0.05) is 12.2 Å². The van der Waals surface area contributed by atoms with Crippen molar-refractivity contribution in [2.75, 3.05) is 18.5 Å². The summed E-state index contributed by atoms with van der Waals surface area (Å²) in [6, 6.07) is 18.2. The first-order valence-corrected chi connectivity index (χ1v) is 12.7. The molecule has 0 unspecified atom stereocenters. The topological polar surface area (TPSA) is 118 Å². The lowest BCUT2D eigenvalue weighted by Gasteiger charge is -2.15. The van der Waals surface area contributed by atoms with E-state index in [0.29, 0.717) is 33.8 Å². The fourth-order valence-electron chi connectivity index (χ4n) is 3.29. The quantitative estimate of drug-likeness (QED) is 0.188. The van der Waals surface area contributed by atoms with E-state index in [-0.39, 0.29) is 19.1 Å². The molecule has 0 aliphatic heterocycles. The molecular formula is C28H29BrN4O5. The number of hydrogen-bond donors (Lipinski definition) is 3. The summed E-state index contributed by atoms with van der Waals surface area (Å²) >= 11 is 3.44. The third kappa shape index (κ3) is 8.45. The van der Waals surface area contributed by atoms with Crippen molar-refractivity contribution < 1.29 is 23.9 Å². The van der Waals surface area contributed by atoms with Gasteiger partial charge in [-0.3, -0.25) is 14.4 Å². The van der Waals surface area contributed by atoms with Crippen LogP contribution >= 0.6 is 15.9 Å². The number of hydrogen-bond acceptors (Lipinski definition) is 6. The van der Waals surface area contributed by atoms with Gasteiger partial charge in [-0.05, 0) is 83.2 Å². The minimum Gasteiger partial charge on any atom is -0.490 e. The van der Waals surface area contributed by atoms with Gasteiger partial charge in [0.1, 0.15) is 0 Å². The van der Waals surface area contributed by atoms with Crippen LogP contribution in [0.25, 0.3) is 0 Å². The summed E-state index contributed by atoms with van der Waals surface area (Å²) in [5.74, 6) is -1.28. The minimum absolute atomic E-state index is 0.228. The largest absolute Gasteiger partial charge is 0.490 e. The third-order valence-electron chi connectivity index (χ3n) is 5.35. The number of carbonyl (C=O) groups is 3. The Labute approximate surface area is 229 Å². The van der Waals surface area contributed by atoms with Crippen molar-refractivity contribution in [1.29, 1.82) is 0 Å². The first-order chi connectivity index (χ1) is 18.3. The van der Waals surface area contributed by atoms with Crippen molar-refractivity contribution >= 4 is 45.6 Å². The van der Waals surface area contributed by atoms with Gasteiger partial charge in [-0.25, -0.2) is 5.43 Å². The van der Waals surface area contributed by atoms with E-state index < -0.39 is 11.8 Å². The summed E-state index contributed by atoms with van der Waals surface area (Å²) in [6.45, 7) is 6.15. The summed E-state index contributed by atoms with van der Waals surface area (Å²) in [6.07, 6.45) is 1.37. The number of amides is 3. The van der Waals surface area contributed by atoms with Gasteiger partial charge in [-0.1, -0.05) is 36.4 Å². The number of hydrazone groups is 1. The molecule has 3 rings (SSSR count). The van der Waals surface area contributed by atoms with Crippen LogP contribution in [-0.4, -0.2) is 37.1 Å². The second-order valence-corrected chi connectivity index (χ2v) is 9.12. The van der Waals surface area contributed by atoms with E-state index in [1.807, 2.05) is 69.3 Å². The maximum Gasteiger partial charge on any atom is 0.329 e. The molecule has 0 saturated carbocycles. The van der Waals surface area contributed by atoms with Crippen molar-refractivity contribution in [3.8, 4) is 11.5 Å². The fraction of sp³-hybridized carbons (Fsp3) is 0.214. The van der Waals surface area contributed by atoms with E-state index in [2.05, 4.69) is 37.1 Å². The lowest BCUT2D eigenvalue weighted by molar-refractivity contribution is -0.139. The normalized spacial score (nSPS) is 10.6. The Hall–Kier alpha value is -4.18. The van der Waals surface area contributed by atoms with Crippen LogP contribution in [-0.2, 0) is 20.9 Å². The number of nitrogens with one attached hydrogen (secondary N) is 3. The van der Waals surface area contributed by atoms with Crippen molar-refractivity contribution in [1.82, 2.24) is 10.7 Å². The van der Waals surface area contributed by atoms with Crippen molar-refractivity contribution in [3.05, 3.63) is 87.4 Å². The van der Waals surface area contributed by atoms with Crippen LogP contribution in [0, 0.1) is 13.8 Å². The molecule has 0 heterocycles. The number of rotatable bonds is 10. The number of ether oxygens (including phenoxy) is 2. The monoisotopic (exact) mass is 580 g/mol. The van der Waals surface area contributed by atoms with Crippen LogP contribution in [0.4, 0.5) is 5.69 Å². The minimum atomic E-state index is -0.893. The molecule has 10 heteroatoms. The highest BCUT2D eigenvalue weighted by molar-refractivity contribution is 9.10. The third-order valence-corrected chi connectivity index (χ3v) is 5.94. The standard InChI is InChI=1S/C28H29BrN4O5/c1-4-37-24-14-21(16-31-33-28(36)27(35)30-15-20-8-6-5-7-9-20)13-23(29)26(24)38-17-25(34)32-22-11-10-18(2)19(3)12-22/h5-14,16H,4,15,17H2,1-3H3,(H,30,35)(H,32,34)(H,33,36). The molecule has 0 bridgehead atoms. The lowest BCUT2D eigenvalue weighted by Crippen LogP contribution is -2.37. The van der Waals surface area contributed by atoms with E-state index in [1.54, 1.807) is 12.1 Å². The fourth-order valence-corrected chi connectivity index (χ4v) is 3.87. The Morgan fingerprint density at radius 1 is 0.947 bits per heavy atom. The molecule has 3 aromatic rings. The van der Waals surface area contributed by atoms with E-state index in [0.717, 1.165) is 16.7 Å². The number of nitrogens with zero attached hydrogens (tertiary/aromatic N) is 1. The highest BCUT2D eigenvalue weighted by atomic mass is 79.9. The molecule has 0 radical (unpaired) electrons. The van der Waals surface area contributed by atoms with Gasteiger partial charge < -0.3 is 20.1 Å². The molecule has 0 aromatic heterocycles. The Morgan fingerprint density at radius 3 is 2.42 bits per heavy atom. The highest BCUT2D eigenvalue weighted by Crippen LogP contribution is 2.36. The second kappa shape index (κ2) is 13.9. The lowest BCUT2D eigenvalue weighted by atomic mass is 10.1. The number of aryl methyl sites for hydroxylation is 2. The van der Waals surface area contributed by atoms with E-state index >= 15 is 0 Å². The maximum absolute atomic E-state index is 12.4. The van der Waals surface area contributed by atoms with Gasteiger partial charge in [0.05, 0.1) is 17.3 Å². The number of anilines is 1. The van der Waals surface area contributed by atoms with E-state index in [4.69, 9.17) is 9.47 Å². The molecule has 0 aliphatic rings. The van der Waals surface area contributed by atoms with Gasteiger partial charge in [-0.2, -0.15) is 5.10 Å². The highest BCUT2D eigenvalue weighted by Gasteiger charge is 2.15. The smallest absolute Gasteiger partial charge is 0.329 e. The predicted octanol–water partition coefficient (Wildman–Crippen LogP) is 4.25. The molecule has 38 heavy (non-hydrogen) atoms. The van der Waals surface area contributed by atoms with E-state index in [9.17, 15) is 14.4 Å². The predicted molar refractivity (Wildman–Crippen MR) is 149 cm³/mol. The molecule has 0 fully saturated rings. The number of benzene rings is 3. The van der Waals surface area contributed by atoms with Crippen molar-refractivity contribution in [2.45, 2.75) is 27.3 Å². The molecule has 0 atom stereocenters. The van der Waals surface area contributed by atoms with Gasteiger partial charge in [0.2, 0.25) is 0 Å². The molecule has 0 saturated heterocycles. The van der Waals surface area contributed by atoms with Crippen molar-refractivity contribution in [2.24, 2.45) is 5.10 Å². The molecule has 0 spiro atoms. The summed E-state index contributed by atoms with van der Waals surface area (Å²) in [4.78, 5) is 36.5. The molecule has 0 aliphatic carbocycles. The summed E-state index contributed by atoms with van der Waals surface area (Å²) in [5.41, 5.74) is 6.54. The molecule has 3 amide bonds. The van der Waals surface area contributed by atoms with Crippen LogP contribution in [0.1, 0.15) is 29.2 Å². The molecule has 9 nitrogen and oxygen atoms in total. The van der Waals surface area contributed by atoms with Crippen LogP contribution in [0.5, 0.6) is 11.5 Å². The summed E-state index contributed by atoms with van der Waals surface area (Å²) in [5, 5.41) is 9.20. The SMILES string of the molecule is CCOc1cc(C=NNC(=O)C(=O)NCc2ccccc2)cc(Br)c1OCC(=O)Nc1ccc(C)c(C)c1. The van der Waals surface area contributed by atoms with Gasteiger partial charge >= 0.3 is 11.8 Å². The zero-order valence-corrected chi connectivity index (χ0v) is 22.9. The second-order valence-electron chi connectivity index (χ2n) is 8.27. The first kappa shape index (κ1) is 28.4. The van der Waals surface area contributed by atoms with Gasteiger partial charge in [0.15, 0.2) is 18.1 Å². The van der Waals surface area contributed by atoms with E-state index in [1.165, 1.54) is 6.21 Å². The Kier molecular flexibility index (Phi) is 10.4. The number of halogens is 1. The molecule has 198 valence electrons. The van der Waals surface area contributed by atoms with Crippen molar-refractivity contribution in [3.63, 3.8) is 0 Å². The van der Waals surface area contributed by atoms with Crippen LogP contribution in [0.15, 0.2) is 70.2 Å². The summed E-state index contributed by atoms with van der Waals surface area (Å²) < 4.78 is 12.0. The number of carbonyl (C=O) groups excluding carboxylic acids is 3. The van der Waals surface area contributed by atoms with Gasteiger partial charge in [0.25, 0.3) is 5.91 Å². The molecule has 3 N–H and O–H groups in total. The van der Waals surface area contributed by atoms with Crippen LogP contribution < -0.4 is 25.5 Å². The van der Waals surface area contributed by atoms with Gasteiger partial charge in [-0.15, -0.1) is 0 Å². The molecular weight excluding hydrogens is 552 g/mol. The summed E-state index contributed by atoms with van der Waals surface area (Å²) in [7, 11) is 0. The first-order valence-electron chi connectivity index (χ1n) is 11.9. The van der Waals surface area contributed by atoms with Crippen LogP contribution in [0.2, 0.25) is 0 Å². The average molecular weight is 581 g/mol. The Morgan fingerprint density at radius 2 is 1.71 bits per heavy atom. The van der Waals surface area contributed by atoms with Crippen LogP contribution in [0.3, 0.4) is 0 Å². The Balaban J connectivity index is 1.58. The molecule has 3 aromatic carbocycles. The Bertz CT molecular complexity index is 1330.